The van der Waals surface area contributed by atoms with Gasteiger partial charge >= 0.3 is 0 Å². The Bertz CT molecular complexity index is 770. The molecule has 25 heavy (non-hydrogen) atoms. The highest BCUT2D eigenvalue weighted by atomic mass is 32.2. The molecule has 1 aliphatic heterocycles. The summed E-state index contributed by atoms with van der Waals surface area (Å²) in [6.45, 7) is 4.76. The van der Waals surface area contributed by atoms with Crippen LogP contribution in [0.1, 0.15) is 33.1 Å². The van der Waals surface area contributed by atoms with Gasteiger partial charge in [-0.15, -0.1) is 0 Å². The van der Waals surface area contributed by atoms with Crippen LogP contribution in [0.15, 0.2) is 23.1 Å². The lowest BCUT2D eigenvalue weighted by Gasteiger charge is -2.24. The van der Waals surface area contributed by atoms with Crippen LogP contribution in [-0.2, 0) is 19.6 Å². The fourth-order valence-electron chi connectivity index (χ4n) is 2.85. The summed E-state index contributed by atoms with van der Waals surface area (Å²) in [5.41, 5.74) is 0.946. The topological polar surface area (TPSA) is 78.0 Å². The average molecular weight is 367 g/mol. The van der Waals surface area contributed by atoms with Crippen LogP contribution < -0.4 is 9.80 Å². The summed E-state index contributed by atoms with van der Waals surface area (Å²) in [4.78, 5) is 27.1. The molecule has 0 aromatic heterocycles. The van der Waals surface area contributed by atoms with E-state index in [1.807, 2.05) is 13.8 Å². The van der Waals surface area contributed by atoms with E-state index in [1.165, 1.54) is 26.2 Å². The standard InChI is InChI=1S/C17H25N3O4S/c1-5-9-20(10-6-2)25(23,24)13-7-8-14-15(11-13)19(4)17(22)12-16(21)18(14)3/h7-8,11H,5-6,9-10,12H2,1-4H3. The molecule has 0 atom stereocenters. The van der Waals surface area contributed by atoms with Crippen LogP contribution in [0.25, 0.3) is 0 Å². The highest BCUT2D eigenvalue weighted by molar-refractivity contribution is 7.89. The summed E-state index contributed by atoms with van der Waals surface area (Å²) in [6, 6.07) is 4.57. The van der Waals surface area contributed by atoms with Crippen LogP contribution in [-0.4, -0.2) is 51.7 Å². The fraction of sp³-hybridized carbons (Fsp3) is 0.529. The van der Waals surface area contributed by atoms with E-state index in [9.17, 15) is 18.0 Å². The molecule has 0 spiro atoms. The number of hydrogen-bond donors (Lipinski definition) is 0. The molecule has 0 aliphatic carbocycles. The van der Waals surface area contributed by atoms with E-state index >= 15 is 0 Å². The SMILES string of the molecule is CCCN(CCC)S(=O)(=O)c1ccc2c(c1)N(C)C(=O)CC(=O)N2C. The van der Waals surface area contributed by atoms with Crippen LogP contribution in [0.3, 0.4) is 0 Å². The normalized spacial score (nSPS) is 15.6. The smallest absolute Gasteiger partial charge is 0.243 e. The van der Waals surface area contributed by atoms with Gasteiger partial charge in [-0.25, -0.2) is 8.42 Å². The predicted molar refractivity (Wildman–Crippen MR) is 97.2 cm³/mol. The minimum absolute atomic E-state index is 0.135. The maximum absolute atomic E-state index is 13.0. The number of amides is 2. The van der Waals surface area contributed by atoms with Gasteiger partial charge in [0.05, 0.1) is 16.3 Å². The van der Waals surface area contributed by atoms with Gasteiger partial charge in [0.2, 0.25) is 21.8 Å². The fourth-order valence-corrected chi connectivity index (χ4v) is 4.50. The van der Waals surface area contributed by atoms with Gasteiger partial charge in [0, 0.05) is 27.2 Å². The molecule has 2 amide bonds. The molecule has 1 aromatic carbocycles. The Labute approximate surface area is 149 Å². The number of carbonyl (C=O) groups excluding carboxylic acids is 2. The first kappa shape index (κ1) is 19.4. The molecule has 138 valence electrons. The van der Waals surface area contributed by atoms with Gasteiger partial charge in [-0.05, 0) is 31.0 Å². The summed E-state index contributed by atoms with van der Waals surface area (Å²) < 4.78 is 27.4. The Morgan fingerprint density at radius 2 is 1.48 bits per heavy atom. The van der Waals surface area contributed by atoms with Crippen molar-refractivity contribution in [1.82, 2.24) is 4.31 Å². The van der Waals surface area contributed by atoms with Crippen molar-refractivity contribution in [2.75, 3.05) is 37.0 Å². The lowest BCUT2D eigenvalue weighted by atomic mass is 10.2. The highest BCUT2D eigenvalue weighted by Crippen LogP contribution is 2.34. The molecule has 0 saturated heterocycles. The van der Waals surface area contributed by atoms with Crippen molar-refractivity contribution in [1.29, 1.82) is 0 Å². The van der Waals surface area contributed by atoms with Gasteiger partial charge in [-0.2, -0.15) is 4.31 Å². The van der Waals surface area contributed by atoms with Crippen LogP contribution in [0, 0.1) is 0 Å². The van der Waals surface area contributed by atoms with Gasteiger partial charge in [0.1, 0.15) is 6.42 Å². The molecule has 0 saturated carbocycles. The minimum Gasteiger partial charge on any atom is -0.313 e. The summed E-state index contributed by atoms with van der Waals surface area (Å²) in [5, 5.41) is 0. The quantitative estimate of drug-likeness (QED) is 0.719. The van der Waals surface area contributed by atoms with Crippen LogP contribution >= 0.6 is 0 Å². The number of sulfonamides is 1. The van der Waals surface area contributed by atoms with Gasteiger partial charge in [-0.3, -0.25) is 9.59 Å². The average Bonchev–Trinajstić information content (AvgIpc) is 2.66. The number of nitrogens with zero attached hydrogens (tertiary/aromatic N) is 3. The Morgan fingerprint density at radius 3 is 2.00 bits per heavy atom. The second kappa shape index (κ2) is 7.53. The minimum atomic E-state index is -3.65. The molecule has 0 fully saturated rings. The maximum atomic E-state index is 13.0. The molecule has 0 N–H and O–H groups in total. The zero-order valence-corrected chi connectivity index (χ0v) is 16.0. The second-order valence-corrected chi connectivity index (χ2v) is 8.07. The van der Waals surface area contributed by atoms with E-state index in [0.29, 0.717) is 24.5 Å². The Morgan fingerprint density at radius 1 is 0.960 bits per heavy atom. The molecule has 0 radical (unpaired) electrons. The Kier molecular flexibility index (Phi) is 5.84. The largest absolute Gasteiger partial charge is 0.313 e. The molecular weight excluding hydrogens is 342 g/mol. The van der Waals surface area contributed by atoms with Crippen molar-refractivity contribution in [2.45, 2.75) is 38.0 Å². The maximum Gasteiger partial charge on any atom is 0.243 e. The summed E-state index contributed by atoms with van der Waals surface area (Å²) in [5.74, 6) is -0.672. The number of benzene rings is 1. The van der Waals surface area contributed by atoms with Crippen LogP contribution in [0.4, 0.5) is 11.4 Å². The molecule has 7 nitrogen and oxygen atoms in total. The third-order valence-electron chi connectivity index (χ3n) is 4.30. The zero-order chi connectivity index (χ0) is 18.8. The second-order valence-electron chi connectivity index (χ2n) is 6.14. The molecule has 2 rings (SSSR count). The molecular formula is C17H25N3O4S. The highest BCUT2D eigenvalue weighted by Gasteiger charge is 2.30. The molecule has 8 heteroatoms. The lowest BCUT2D eigenvalue weighted by molar-refractivity contribution is -0.125. The third-order valence-corrected chi connectivity index (χ3v) is 6.20. The first-order valence-corrected chi connectivity index (χ1v) is 9.85. The first-order chi connectivity index (χ1) is 11.7. The number of anilines is 2. The van der Waals surface area contributed by atoms with Crippen molar-refractivity contribution in [3.8, 4) is 0 Å². The van der Waals surface area contributed by atoms with E-state index in [2.05, 4.69) is 0 Å². The third kappa shape index (κ3) is 3.69. The van der Waals surface area contributed by atoms with Gasteiger partial charge < -0.3 is 9.80 Å². The van der Waals surface area contributed by atoms with Gasteiger partial charge in [0.15, 0.2) is 0 Å². The van der Waals surface area contributed by atoms with E-state index in [1.54, 1.807) is 20.2 Å². The van der Waals surface area contributed by atoms with Crippen molar-refractivity contribution in [3.63, 3.8) is 0 Å². The van der Waals surface area contributed by atoms with Crippen LogP contribution in [0.2, 0.25) is 0 Å². The summed E-state index contributed by atoms with van der Waals surface area (Å²) >= 11 is 0. The number of hydrogen-bond acceptors (Lipinski definition) is 4. The first-order valence-electron chi connectivity index (χ1n) is 8.41. The van der Waals surface area contributed by atoms with Gasteiger partial charge in [0.25, 0.3) is 0 Å². The monoisotopic (exact) mass is 367 g/mol. The van der Waals surface area contributed by atoms with Crippen molar-refractivity contribution in [3.05, 3.63) is 18.2 Å². The molecule has 0 bridgehead atoms. The number of rotatable bonds is 6. The summed E-state index contributed by atoms with van der Waals surface area (Å²) in [6.07, 6.45) is 1.21. The molecule has 1 heterocycles. The molecule has 0 unspecified atom stereocenters. The molecule has 1 aromatic rings. The van der Waals surface area contributed by atoms with Crippen LogP contribution in [0.5, 0.6) is 0 Å². The van der Waals surface area contributed by atoms with E-state index < -0.39 is 10.0 Å². The Balaban J connectivity index is 2.54. The number of carbonyl (C=O) groups is 2. The van der Waals surface area contributed by atoms with E-state index in [-0.39, 0.29) is 23.1 Å². The van der Waals surface area contributed by atoms with E-state index in [0.717, 1.165) is 12.8 Å². The molecule has 1 aliphatic rings. The van der Waals surface area contributed by atoms with Gasteiger partial charge in [-0.1, -0.05) is 13.8 Å². The van der Waals surface area contributed by atoms with Crippen molar-refractivity contribution in [2.24, 2.45) is 0 Å². The lowest BCUT2D eigenvalue weighted by Crippen LogP contribution is -2.33. The van der Waals surface area contributed by atoms with Crippen molar-refractivity contribution >= 4 is 33.2 Å². The van der Waals surface area contributed by atoms with Crippen molar-refractivity contribution < 1.29 is 18.0 Å². The van der Waals surface area contributed by atoms with E-state index in [4.69, 9.17) is 0 Å². The zero-order valence-electron chi connectivity index (χ0n) is 15.2. The summed E-state index contributed by atoms with van der Waals surface area (Å²) in [7, 11) is -0.510. The predicted octanol–water partition coefficient (Wildman–Crippen LogP) is 1.83. The number of fused-ring (bicyclic) bond motifs is 1. The Hall–Kier alpha value is -1.93.